The van der Waals surface area contributed by atoms with E-state index >= 15 is 0 Å². The van der Waals surface area contributed by atoms with Crippen LogP contribution in [-0.2, 0) is 10.8 Å². The molecule has 21 heavy (non-hydrogen) atoms. The minimum atomic E-state index is -1.23. The topological polar surface area (TPSA) is 47.8 Å². The van der Waals surface area contributed by atoms with E-state index in [4.69, 9.17) is 11.6 Å². The molecular formula is C15H12ClN3OS. The predicted molar refractivity (Wildman–Crippen MR) is 84.1 cm³/mol. The number of halogens is 1. The number of aromatic nitrogens is 3. The molecule has 2 aromatic carbocycles. The summed E-state index contributed by atoms with van der Waals surface area (Å²) in [4.78, 5) is 0. The number of nitrogens with zero attached hydrogens (tertiary/aromatic N) is 3. The fourth-order valence-electron chi connectivity index (χ4n) is 2.07. The Labute approximate surface area is 129 Å². The highest BCUT2D eigenvalue weighted by Gasteiger charge is 2.18. The zero-order chi connectivity index (χ0) is 14.8. The van der Waals surface area contributed by atoms with Crippen molar-refractivity contribution in [2.24, 2.45) is 0 Å². The maximum Gasteiger partial charge on any atom is 0.177 e. The molecule has 0 saturated carbocycles. The van der Waals surface area contributed by atoms with Gasteiger partial charge in [-0.05, 0) is 24.3 Å². The van der Waals surface area contributed by atoms with Crippen LogP contribution < -0.4 is 0 Å². The number of hydrogen-bond donors (Lipinski definition) is 0. The van der Waals surface area contributed by atoms with E-state index in [2.05, 4.69) is 10.3 Å². The Balaban J connectivity index is 2.23. The second kappa shape index (κ2) is 5.79. The molecule has 3 aromatic rings. The van der Waals surface area contributed by atoms with Crippen molar-refractivity contribution in [3.63, 3.8) is 0 Å². The molecule has 1 heterocycles. The van der Waals surface area contributed by atoms with Gasteiger partial charge in [0, 0.05) is 16.8 Å². The van der Waals surface area contributed by atoms with Crippen LogP contribution in [0.25, 0.3) is 16.9 Å². The van der Waals surface area contributed by atoms with Gasteiger partial charge in [-0.2, -0.15) is 0 Å². The lowest BCUT2D eigenvalue weighted by Crippen LogP contribution is -2.00. The lowest BCUT2D eigenvalue weighted by Gasteiger charge is -2.07. The molecule has 0 amide bonds. The van der Waals surface area contributed by atoms with E-state index in [1.54, 1.807) is 23.1 Å². The van der Waals surface area contributed by atoms with E-state index in [1.165, 1.54) is 0 Å². The monoisotopic (exact) mass is 317 g/mol. The van der Waals surface area contributed by atoms with Gasteiger partial charge < -0.3 is 0 Å². The van der Waals surface area contributed by atoms with Crippen LogP contribution in [0.4, 0.5) is 0 Å². The summed E-state index contributed by atoms with van der Waals surface area (Å²) in [6.07, 6.45) is 1.60. The largest absolute Gasteiger partial charge is 0.253 e. The van der Waals surface area contributed by atoms with E-state index in [-0.39, 0.29) is 0 Å². The molecule has 6 heteroatoms. The molecule has 3 rings (SSSR count). The Morgan fingerprint density at radius 3 is 2.33 bits per heavy atom. The zero-order valence-corrected chi connectivity index (χ0v) is 12.8. The normalized spacial score (nSPS) is 12.3. The molecule has 0 bridgehead atoms. The first kappa shape index (κ1) is 14.0. The van der Waals surface area contributed by atoms with E-state index < -0.39 is 10.8 Å². The average molecular weight is 318 g/mol. The van der Waals surface area contributed by atoms with Gasteiger partial charge in [-0.25, -0.2) is 4.68 Å². The summed E-state index contributed by atoms with van der Waals surface area (Å²) in [5.41, 5.74) is 2.46. The second-order valence-electron chi connectivity index (χ2n) is 4.45. The van der Waals surface area contributed by atoms with Crippen molar-refractivity contribution < 1.29 is 4.21 Å². The van der Waals surface area contributed by atoms with Crippen molar-refractivity contribution in [1.82, 2.24) is 15.0 Å². The molecule has 0 fully saturated rings. The molecule has 1 aromatic heterocycles. The number of rotatable bonds is 3. The fraction of sp³-hybridized carbons (Fsp3) is 0.0667. The summed E-state index contributed by atoms with van der Waals surface area (Å²) < 4.78 is 13.6. The van der Waals surface area contributed by atoms with Crippen LogP contribution in [0, 0.1) is 0 Å². The maximum atomic E-state index is 11.9. The highest BCUT2D eigenvalue weighted by molar-refractivity contribution is 7.84. The Kier molecular flexibility index (Phi) is 3.86. The maximum absolute atomic E-state index is 11.9. The van der Waals surface area contributed by atoms with Crippen LogP contribution in [0.15, 0.2) is 59.6 Å². The number of para-hydroxylation sites is 1. The van der Waals surface area contributed by atoms with Gasteiger partial charge in [0.1, 0.15) is 5.69 Å². The molecule has 0 aliphatic heterocycles. The van der Waals surface area contributed by atoms with Crippen LogP contribution >= 0.6 is 11.6 Å². The van der Waals surface area contributed by atoms with E-state index in [1.807, 2.05) is 42.5 Å². The summed E-state index contributed by atoms with van der Waals surface area (Å²) in [7, 11) is -1.23. The molecule has 0 aliphatic rings. The molecular weight excluding hydrogens is 306 g/mol. The van der Waals surface area contributed by atoms with Gasteiger partial charge >= 0.3 is 0 Å². The fourth-order valence-corrected chi connectivity index (χ4v) is 2.82. The third kappa shape index (κ3) is 2.75. The first-order chi connectivity index (χ1) is 10.2. The molecule has 4 nitrogen and oxygen atoms in total. The standard InChI is InChI=1S/C15H12ClN3OS/c1-21(20)15-14(11-7-9-12(16)10-8-11)19(18-17-15)13-5-3-2-4-6-13/h2-10H,1H3. The van der Waals surface area contributed by atoms with Gasteiger partial charge in [0.25, 0.3) is 0 Å². The predicted octanol–water partition coefficient (Wildman–Crippen LogP) is 3.33. The zero-order valence-electron chi connectivity index (χ0n) is 11.2. The Hall–Kier alpha value is -1.98. The molecule has 0 radical (unpaired) electrons. The van der Waals surface area contributed by atoms with Gasteiger partial charge in [0.2, 0.25) is 0 Å². The Morgan fingerprint density at radius 2 is 1.71 bits per heavy atom. The lowest BCUT2D eigenvalue weighted by molar-refractivity contribution is 0.683. The van der Waals surface area contributed by atoms with Gasteiger partial charge in [-0.15, -0.1) is 5.10 Å². The number of hydrogen-bond acceptors (Lipinski definition) is 3. The molecule has 1 unspecified atom stereocenters. The van der Waals surface area contributed by atoms with Crippen molar-refractivity contribution in [2.45, 2.75) is 5.03 Å². The smallest absolute Gasteiger partial charge is 0.177 e. The van der Waals surface area contributed by atoms with Gasteiger partial charge in [0.15, 0.2) is 5.03 Å². The molecule has 0 aliphatic carbocycles. The van der Waals surface area contributed by atoms with Crippen LogP contribution in [0.1, 0.15) is 0 Å². The van der Waals surface area contributed by atoms with Crippen molar-refractivity contribution >= 4 is 22.4 Å². The van der Waals surface area contributed by atoms with Gasteiger partial charge in [-0.1, -0.05) is 47.1 Å². The van der Waals surface area contributed by atoms with Crippen LogP contribution in [-0.4, -0.2) is 25.5 Å². The first-order valence-electron chi connectivity index (χ1n) is 6.27. The van der Waals surface area contributed by atoms with Crippen molar-refractivity contribution in [2.75, 3.05) is 6.26 Å². The van der Waals surface area contributed by atoms with Crippen molar-refractivity contribution in [1.29, 1.82) is 0 Å². The quantitative estimate of drug-likeness (QED) is 0.744. The van der Waals surface area contributed by atoms with Crippen LogP contribution in [0.3, 0.4) is 0 Å². The van der Waals surface area contributed by atoms with Crippen LogP contribution in [0.2, 0.25) is 5.02 Å². The minimum absolute atomic E-state index is 0.459. The third-order valence-electron chi connectivity index (χ3n) is 3.03. The molecule has 0 N–H and O–H groups in total. The highest BCUT2D eigenvalue weighted by atomic mass is 35.5. The van der Waals surface area contributed by atoms with Crippen LogP contribution in [0.5, 0.6) is 0 Å². The van der Waals surface area contributed by atoms with Crippen molar-refractivity contribution in [3.8, 4) is 16.9 Å². The summed E-state index contributed by atoms with van der Waals surface area (Å²) in [6, 6.07) is 17.0. The molecule has 1 atom stereocenters. The van der Waals surface area contributed by atoms with Gasteiger partial charge in [-0.3, -0.25) is 4.21 Å². The summed E-state index contributed by atoms with van der Waals surface area (Å²) in [6.45, 7) is 0. The summed E-state index contributed by atoms with van der Waals surface area (Å²) >= 11 is 5.93. The van der Waals surface area contributed by atoms with Gasteiger partial charge in [0.05, 0.1) is 16.5 Å². The lowest BCUT2D eigenvalue weighted by atomic mass is 10.1. The average Bonchev–Trinajstić information content (AvgIpc) is 2.94. The first-order valence-corrected chi connectivity index (χ1v) is 8.21. The molecule has 106 valence electrons. The third-order valence-corrected chi connectivity index (χ3v) is 4.10. The highest BCUT2D eigenvalue weighted by Crippen LogP contribution is 2.27. The molecule has 0 saturated heterocycles. The summed E-state index contributed by atoms with van der Waals surface area (Å²) in [5.74, 6) is 0. The Morgan fingerprint density at radius 1 is 1.05 bits per heavy atom. The summed E-state index contributed by atoms with van der Waals surface area (Å²) in [5, 5.41) is 9.33. The van der Waals surface area contributed by atoms with E-state index in [0.717, 1.165) is 16.9 Å². The molecule has 0 spiro atoms. The van der Waals surface area contributed by atoms with Crippen molar-refractivity contribution in [3.05, 3.63) is 59.6 Å². The second-order valence-corrected chi connectivity index (χ2v) is 6.18. The minimum Gasteiger partial charge on any atom is -0.253 e. The van der Waals surface area contributed by atoms with E-state index in [9.17, 15) is 4.21 Å². The number of benzene rings is 2. The van der Waals surface area contributed by atoms with E-state index in [0.29, 0.717) is 10.0 Å². The Bertz CT molecular complexity index is 784. The SMILES string of the molecule is CS(=O)c1nnn(-c2ccccc2)c1-c1ccc(Cl)cc1.